The number of hydrogen-bond donors (Lipinski definition) is 0. The van der Waals surface area contributed by atoms with Gasteiger partial charge in [-0.15, -0.1) is 0 Å². The van der Waals surface area contributed by atoms with E-state index in [1.807, 2.05) is 36.4 Å². The van der Waals surface area contributed by atoms with Crippen molar-refractivity contribution >= 4 is 32.7 Å². The van der Waals surface area contributed by atoms with E-state index >= 15 is 0 Å². The second kappa shape index (κ2) is 7.50. The van der Waals surface area contributed by atoms with Gasteiger partial charge in [-0.1, -0.05) is 103 Å². The third-order valence-electron chi connectivity index (χ3n) is 6.51. The summed E-state index contributed by atoms with van der Waals surface area (Å²) in [5, 5.41) is 4.37. The van der Waals surface area contributed by atoms with Gasteiger partial charge in [-0.05, 0) is 29.3 Å². The Morgan fingerprint density at radius 2 is 0.971 bits per heavy atom. The monoisotopic (exact) mass is 436 g/mol. The lowest BCUT2D eigenvalue weighted by molar-refractivity contribution is 0.602. The molecule has 0 saturated heterocycles. The van der Waals surface area contributed by atoms with Crippen LogP contribution in [-0.4, -0.2) is 0 Å². The molecule has 0 spiro atoms. The molecule has 0 aliphatic rings. The SMILES string of the molecule is c1ccc(-c2ccc3oc4ccccc4c3c2-c2oc(-c3ccccc3)c3ccccc23)cc1. The summed E-state index contributed by atoms with van der Waals surface area (Å²) < 4.78 is 13.1. The van der Waals surface area contributed by atoms with Crippen molar-refractivity contribution in [3.8, 4) is 33.8 Å². The number of rotatable bonds is 3. The van der Waals surface area contributed by atoms with E-state index in [9.17, 15) is 0 Å². The van der Waals surface area contributed by atoms with Crippen molar-refractivity contribution in [2.75, 3.05) is 0 Å². The van der Waals surface area contributed by atoms with Crippen molar-refractivity contribution in [1.82, 2.24) is 0 Å². The molecule has 0 unspecified atom stereocenters. The first-order chi connectivity index (χ1) is 16.9. The van der Waals surface area contributed by atoms with Gasteiger partial charge in [-0.2, -0.15) is 0 Å². The van der Waals surface area contributed by atoms with Gasteiger partial charge in [0.1, 0.15) is 22.7 Å². The highest BCUT2D eigenvalue weighted by molar-refractivity contribution is 6.18. The van der Waals surface area contributed by atoms with Gasteiger partial charge in [0.2, 0.25) is 0 Å². The van der Waals surface area contributed by atoms with Crippen LogP contribution in [0.4, 0.5) is 0 Å². The Kier molecular flexibility index (Phi) is 4.18. The first-order valence-corrected chi connectivity index (χ1v) is 11.5. The van der Waals surface area contributed by atoms with Crippen LogP contribution in [0.3, 0.4) is 0 Å². The van der Waals surface area contributed by atoms with E-state index < -0.39 is 0 Å². The van der Waals surface area contributed by atoms with Crippen LogP contribution in [-0.2, 0) is 0 Å². The van der Waals surface area contributed by atoms with Crippen LogP contribution in [0.25, 0.3) is 66.5 Å². The minimum absolute atomic E-state index is 0.859. The molecule has 2 heterocycles. The molecule has 0 aliphatic heterocycles. The highest BCUT2D eigenvalue weighted by atomic mass is 16.3. The summed E-state index contributed by atoms with van der Waals surface area (Å²) in [6.45, 7) is 0. The van der Waals surface area contributed by atoms with E-state index in [-0.39, 0.29) is 0 Å². The molecule has 0 bridgehead atoms. The quantitative estimate of drug-likeness (QED) is 0.276. The van der Waals surface area contributed by atoms with E-state index in [0.29, 0.717) is 0 Å². The average molecular weight is 437 g/mol. The fraction of sp³-hybridized carbons (Fsp3) is 0. The third kappa shape index (κ3) is 2.82. The topological polar surface area (TPSA) is 26.3 Å². The second-order valence-electron chi connectivity index (χ2n) is 8.50. The van der Waals surface area contributed by atoms with Crippen LogP contribution in [0.15, 0.2) is 130 Å². The molecule has 7 aromatic rings. The summed E-state index contributed by atoms with van der Waals surface area (Å²) in [5.74, 6) is 1.75. The number of furan rings is 2. The Bertz CT molecular complexity index is 1790. The van der Waals surface area contributed by atoms with Crippen molar-refractivity contribution in [3.63, 3.8) is 0 Å². The van der Waals surface area contributed by atoms with Gasteiger partial charge >= 0.3 is 0 Å². The molecule has 5 aromatic carbocycles. The average Bonchev–Trinajstić information content (AvgIpc) is 3.48. The van der Waals surface area contributed by atoms with Crippen LogP contribution < -0.4 is 0 Å². The fourth-order valence-corrected chi connectivity index (χ4v) is 4.99. The van der Waals surface area contributed by atoms with Gasteiger partial charge in [0, 0.05) is 32.7 Å². The predicted molar refractivity (Wildman–Crippen MR) is 140 cm³/mol. The zero-order valence-electron chi connectivity index (χ0n) is 18.4. The van der Waals surface area contributed by atoms with Crippen LogP contribution in [0.5, 0.6) is 0 Å². The summed E-state index contributed by atoms with van der Waals surface area (Å²) in [6, 6.07) is 41.7. The molecule has 7 rings (SSSR count). The van der Waals surface area contributed by atoms with Gasteiger partial charge in [-0.25, -0.2) is 0 Å². The molecule has 0 radical (unpaired) electrons. The number of fused-ring (bicyclic) bond motifs is 4. The molecule has 0 N–H and O–H groups in total. The Morgan fingerprint density at radius 3 is 1.71 bits per heavy atom. The highest BCUT2D eigenvalue weighted by Gasteiger charge is 2.23. The van der Waals surface area contributed by atoms with E-state index in [2.05, 4.69) is 84.9 Å². The molecule has 0 fully saturated rings. The van der Waals surface area contributed by atoms with E-state index in [0.717, 1.165) is 66.5 Å². The maximum Gasteiger partial charge on any atom is 0.144 e. The molecule has 160 valence electrons. The Balaban J connectivity index is 1.66. The Morgan fingerprint density at radius 1 is 0.382 bits per heavy atom. The van der Waals surface area contributed by atoms with Gasteiger partial charge in [0.05, 0.1) is 0 Å². The molecular formula is C32H20O2. The van der Waals surface area contributed by atoms with Crippen molar-refractivity contribution < 1.29 is 8.83 Å². The lowest BCUT2D eigenvalue weighted by Crippen LogP contribution is -1.86. The van der Waals surface area contributed by atoms with Crippen molar-refractivity contribution in [3.05, 3.63) is 121 Å². The number of para-hydroxylation sites is 1. The van der Waals surface area contributed by atoms with E-state index in [4.69, 9.17) is 8.83 Å². The van der Waals surface area contributed by atoms with Gasteiger partial charge < -0.3 is 8.83 Å². The number of hydrogen-bond acceptors (Lipinski definition) is 2. The smallest absolute Gasteiger partial charge is 0.144 e. The summed E-state index contributed by atoms with van der Waals surface area (Å²) in [6.07, 6.45) is 0. The molecule has 34 heavy (non-hydrogen) atoms. The molecule has 0 amide bonds. The molecule has 2 heteroatoms. The van der Waals surface area contributed by atoms with Crippen molar-refractivity contribution in [2.45, 2.75) is 0 Å². The van der Waals surface area contributed by atoms with Gasteiger partial charge in [0.25, 0.3) is 0 Å². The second-order valence-corrected chi connectivity index (χ2v) is 8.50. The molecule has 2 aromatic heterocycles. The fourth-order valence-electron chi connectivity index (χ4n) is 4.99. The molecule has 0 aliphatic carbocycles. The first kappa shape index (κ1) is 19.0. The molecule has 0 saturated carbocycles. The normalized spacial score (nSPS) is 11.5. The Labute approximate surface area is 196 Å². The van der Waals surface area contributed by atoms with Gasteiger partial charge in [0.15, 0.2) is 0 Å². The molecular weight excluding hydrogens is 416 g/mol. The standard InChI is InChI=1S/C32H20O2/c1-3-11-21(12-4-1)23-19-20-28-29(26-17-9-10-18-27(26)33-28)30(23)32-25-16-8-7-15-24(25)31(34-32)22-13-5-2-6-14-22/h1-20H. The maximum absolute atomic E-state index is 6.78. The van der Waals surface area contributed by atoms with E-state index in [1.165, 1.54) is 0 Å². The first-order valence-electron chi connectivity index (χ1n) is 11.5. The highest BCUT2D eigenvalue weighted by Crippen LogP contribution is 2.47. The van der Waals surface area contributed by atoms with Crippen LogP contribution in [0.2, 0.25) is 0 Å². The summed E-state index contributed by atoms with van der Waals surface area (Å²) in [7, 11) is 0. The largest absolute Gasteiger partial charge is 0.456 e. The van der Waals surface area contributed by atoms with Crippen LogP contribution >= 0.6 is 0 Å². The zero-order valence-corrected chi connectivity index (χ0v) is 18.4. The minimum Gasteiger partial charge on any atom is -0.456 e. The van der Waals surface area contributed by atoms with E-state index in [1.54, 1.807) is 0 Å². The number of benzene rings is 5. The third-order valence-corrected chi connectivity index (χ3v) is 6.51. The molecule has 0 atom stereocenters. The summed E-state index contributed by atoms with van der Waals surface area (Å²) in [5.41, 5.74) is 6.13. The van der Waals surface area contributed by atoms with Crippen molar-refractivity contribution in [2.24, 2.45) is 0 Å². The van der Waals surface area contributed by atoms with Gasteiger partial charge in [-0.3, -0.25) is 0 Å². The summed E-state index contributed by atoms with van der Waals surface area (Å²) >= 11 is 0. The lowest BCUT2D eigenvalue weighted by Gasteiger charge is -2.10. The Hall–Kier alpha value is -4.56. The minimum atomic E-state index is 0.859. The van der Waals surface area contributed by atoms with Crippen LogP contribution in [0.1, 0.15) is 0 Å². The molecule has 2 nitrogen and oxygen atoms in total. The zero-order chi connectivity index (χ0) is 22.5. The predicted octanol–water partition coefficient (Wildman–Crippen LogP) is 9.33. The summed E-state index contributed by atoms with van der Waals surface area (Å²) in [4.78, 5) is 0. The van der Waals surface area contributed by atoms with Crippen molar-refractivity contribution in [1.29, 1.82) is 0 Å². The maximum atomic E-state index is 6.78. The lowest BCUT2D eigenvalue weighted by atomic mass is 9.92. The van der Waals surface area contributed by atoms with Crippen LogP contribution in [0, 0.1) is 0 Å².